The Morgan fingerprint density at radius 3 is 2.27 bits per heavy atom. The highest BCUT2D eigenvalue weighted by Gasteiger charge is 2.23. The average Bonchev–Trinajstić information content (AvgIpc) is 2.41. The van der Waals surface area contributed by atoms with Crippen LogP contribution in [0.5, 0.6) is 0 Å². The minimum atomic E-state index is -0.208. The summed E-state index contributed by atoms with van der Waals surface area (Å²) in [5.41, 5.74) is 0. The van der Waals surface area contributed by atoms with Crippen LogP contribution >= 0.6 is 0 Å². The molecule has 0 aliphatic carbocycles. The number of hydrogen-bond acceptors (Lipinski definition) is 2. The Bertz CT molecular complexity index is 179. The molecule has 0 aromatic heterocycles. The highest BCUT2D eigenvalue weighted by atomic mass is 16.3. The van der Waals surface area contributed by atoms with Crippen molar-refractivity contribution >= 4 is 0 Å². The fraction of sp³-hybridized carbons (Fsp3) is 1.00. The standard InChI is InChI=1S/C13H27NO/c1-10(2)13-6-5-8-14(9-7-13)11(3)12(4)15/h10-13,15H,5-9H2,1-4H3. The molecule has 0 bridgehead atoms. The molecule has 1 N–H and O–H groups in total. The van der Waals surface area contributed by atoms with Crippen LogP contribution in [0.2, 0.25) is 0 Å². The van der Waals surface area contributed by atoms with Crippen LogP contribution < -0.4 is 0 Å². The summed E-state index contributed by atoms with van der Waals surface area (Å²) in [6.07, 6.45) is 3.75. The molecule has 0 amide bonds. The van der Waals surface area contributed by atoms with E-state index in [1.54, 1.807) is 0 Å². The molecule has 15 heavy (non-hydrogen) atoms. The Morgan fingerprint density at radius 1 is 1.07 bits per heavy atom. The summed E-state index contributed by atoms with van der Waals surface area (Å²) in [5.74, 6) is 1.70. The molecule has 90 valence electrons. The molecule has 1 rings (SSSR count). The van der Waals surface area contributed by atoms with Crippen molar-refractivity contribution in [1.82, 2.24) is 4.90 Å². The first-order valence-corrected chi connectivity index (χ1v) is 6.44. The van der Waals surface area contributed by atoms with Crippen molar-refractivity contribution in [3.05, 3.63) is 0 Å². The van der Waals surface area contributed by atoms with E-state index in [0.717, 1.165) is 24.9 Å². The van der Waals surface area contributed by atoms with Crippen LogP contribution in [0.15, 0.2) is 0 Å². The number of nitrogens with zero attached hydrogens (tertiary/aromatic N) is 1. The van der Waals surface area contributed by atoms with E-state index in [9.17, 15) is 5.11 Å². The van der Waals surface area contributed by atoms with Crippen molar-refractivity contribution in [3.63, 3.8) is 0 Å². The first-order chi connectivity index (χ1) is 7.02. The first kappa shape index (κ1) is 13.0. The molecule has 0 radical (unpaired) electrons. The van der Waals surface area contributed by atoms with Gasteiger partial charge in [0.05, 0.1) is 6.10 Å². The van der Waals surface area contributed by atoms with Gasteiger partial charge in [-0.25, -0.2) is 0 Å². The van der Waals surface area contributed by atoms with E-state index in [1.165, 1.54) is 19.3 Å². The zero-order valence-corrected chi connectivity index (χ0v) is 10.7. The van der Waals surface area contributed by atoms with Crippen molar-refractivity contribution < 1.29 is 5.11 Å². The molecule has 1 heterocycles. The number of aliphatic hydroxyl groups is 1. The van der Waals surface area contributed by atoms with Crippen LogP contribution in [0.1, 0.15) is 47.0 Å². The van der Waals surface area contributed by atoms with Gasteiger partial charge in [-0.3, -0.25) is 4.90 Å². The van der Waals surface area contributed by atoms with E-state index in [1.807, 2.05) is 6.92 Å². The minimum Gasteiger partial charge on any atom is -0.392 e. The van der Waals surface area contributed by atoms with E-state index in [2.05, 4.69) is 25.7 Å². The third-order valence-electron chi connectivity index (χ3n) is 4.02. The summed E-state index contributed by atoms with van der Waals surface area (Å²) in [7, 11) is 0. The first-order valence-electron chi connectivity index (χ1n) is 6.44. The second-order valence-corrected chi connectivity index (χ2v) is 5.45. The van der Waals surface area contributed by atoms with Crippen LogP contribution in [-0.4, -0.2) is 35.2 Å². The number of likely N-dealkylation sites (tertiary alicyclic amines) is 1. The van der Waals surface area contributed by atoms with Crippen LogP contribution in [0, 0.1) is 11.8 Å². The van der Waals surface area contributed by atoms with Gasteiger partial charge >= 0.3 is 0 Å². The van der Waals surface area contributed by atoms with Crippen molar-refractivity contribution in [3.8, 4) is 0 Å². The molecule has 1 aliphatic heterocycles. The summed E-state index contributed by atoms with van der Waals surface area (Å²) < 4.78 is 0. The number of hydrogen-bond donors (Lipinski definition) is 1. The van der Waals surface area contributed by atoms with Gasteiger partial charge in [-0.05, 0) is 58.0 Å². The summed E-state index contributed by atoms with van der Waals surface area (Å²) in [4.78, 5) is 2.45. The molecular weight excluding hydrogens is 186 g/mol. The normalized spacial score (nSPS) is 28.8. The third-order valence-corrected chi connectivity index (χ3v) is 4.02. The van der Waals surface area contributed by atoms with Gasteiger partial charge in [0.15, 0.2) is 0 Å². The van der Waals surface area contributed by atoms with E-state index < -0.39 is 0 Å². The summed E-state index contributed by atoms with van der Waals surface area (Å²) in [5, 5.41) is 9.60. The monoisotopic (exact) mass is 213 g/mol. The molecule has 2 heteroatoms. The maximum absolute atomic E-state index is 9.60. The SMILES string of the molecule is CC(C)C1CCCN(C(C)C(C)O)CC1. The number of rotatable bonds is 3. The van der Waals surface area contributed by atoms with Gasteiger partial charge in [0.2, 0.25) is 0 Å². The van der Waals surface area contributed by atoms with E-state index in [0.29, 0.717) is 6.04 Å². The Balaban J connectivity index is 2.45. The fourth-order valence-electron chi connectivity index (χ4n) is 2.52. The molecular formula is C13H27NO. The predicted octanol–water partition coefficient (Wildman–Crippen LogP) is 2.51. The fourth-order valence-corrected chi connectivity index (χ4v) is 2.52. The molecule has 0 aromatic rings. The highest BCUT2D eigenvalue weighted by Crippen LogP contribution is 2.25. The van der Waals surface area contributed by atoms with Crippen molar-refractivity contribution in [2.45, 2.75) is 59.1 Å². The molecule has 1 saturated heterocycles. The third kappa shape index (κ3) is 3.76. The Morgan fingerprint density at radius 2 is 1.73 bits per heavy atom. The van der Waals surface area contributed by atoms with Crippen molar-refractivity contribution in [2.24, 2.45) is 11.8 Å². The number of aliphatic hydroxyl groups excluding tert-OH is 1. The van der Waals surface area contributed by atoms with Gasteiger partial charge in [0, 0.05) is 6.04 Å². The highest BCUT2D eigenvalue weighted by molar-refractivity contribution is 4.77. The summed E-state index contributed by atoms with van der Waals surface area (Å²) >= 11 is 0. The molecule has 0 aromatic carbocycles. The lowest BCUT2D eigenvalue weighted by Crippen LogP contribution is -2.40. The van der Waals surface area contributed by atoms with Crippen molar-refractivity contribution in [1.29, 1.82) is 0 Å². The summed E-state index contributed by atoms with van der Waals surface area (Å²) in [6, 6.07) is 0.316. The van der Waals surface area contributed by atoms with Gasteiger partial charge in [0.1, 0.15) is 0 Å². The topological polar surface area (TPSA) is 23.5 Å². The van der Waals surface area contributed by atoms with Gasteiger partial charge < -0.3 is 5.11 Å². The average molecular weight is 213 g/mol. The lowest BCUT2D eigenvalue weighted by Gasteiger charge is -2.29. The second-order valence-electron chi connectivity index (χ2n) is 5.45. The Kier molecular flexibility index (Phi) is 5.07. The molecule has 2 nitrogen and oxygen atoms in total. The molecule has 0 spiro atoms. The van der Waals surface area contributed by atoms with Crippen LogP contribution in [0.25, 0.3) is 0 Å². The second kappa shape index (κ2) is 5.86. The molecule has 3 atom stereocenters. The lowest BCUT2D eigenvalue weighted by atomic mass is 9.89. The Hall–Kier alpha value is -0.0800. The van der Waals surface area contributed by atoms with Crippen LogP contribution in [0.4, 0.5) is 0 Å². The lowest BCUT2D eigenvalue weighted by molar-refractivity contribution is 0.0718. The van der Waals surface area contributed by atoms with Crippen LogP contribution in [0.3, 0.4) is 0 Å². The van der Waals surface area contributed by atoms with Crippen molar-refractivity contribution in [2.75, 3.05) is 13.1 Å². The predicted molar refractivity (Wildman–Crippen MR) is 64.9 cm³/mol. The molecule has 1 fully saturated rings. The molecule has 3 unspecified atom stereocenters. The van der Waals surface area contributed by atoms with E-state index in [4.69, 9.17) is 0 Å². The minimum absolute atomic E-state index is 0.208. The zero-order chi connectivity index (χ0) is 11.4. The van der Waals surface area contributed by atoms with Gasteiger partial charge in [0.25, 0.3) is 0 Å². The maximum atomic E-state index is 9.60. The Labute approximate surface area is 94.7 Å². The zero-order valence-electron chi connectivity index (χ0n) is 10.7. The molecule has 1 aliphatic rings. The largest absolute Gasteiger partial charge is 0.392 e. The molecule has 0 saturated carbocycles. The smallest absolute Gasteiger partial charge is 0.0664 e. The van der Waals surface area contributed by atoms with E-state index >= 15 is 0 Å². The van der Waals surface area contributed by atoms with Crippen LogP contribution in [-0.2, 0) is 0 Å². The maximum Gasteiger partial charge on any atom is 0.0664 e. The van der Waals surface area contributed by atoms with Gasteiger partial charge in [-0.1, -0.05) is 13.8 Å². The van der Waals surface area contributed by atoms with Gasteiger partial charge in [-0.2, -0.15) is 0 Å². The van der Waals surface area contributed by atoms with Gasteiger partial charge in [-0.15, -0.1) is 0 Å². The summed E-state index contributed by atoms with van der Waals surface area (Å²) in [6.45, 7) is 11.0. The van der Waals surface area contributed by atoms with E-state index in [-0.39, 0.29) is 6.10 Å². The quantitative estimate of drug-likeness (QED) is 0.778.